The molecule has 0 spiro atoms. The van der Waals surface area contributed by atoms with Gasteiger partial charge in [0.2, 0.25) is 0 Å². The van der Waals surface area contributed by atoms with Gasteiger partial charge >= 0.3 is 0 Å². The fourth-order valence-electron chi connectivity index (χ4n) is 3.33. The van der Waals surface area contributed by atoms with E-state index >= 15 is 0 Å². The average Bonchev–Trinajstić information content (AvgIpc) is 3.08. The molecule has 1 radical (unpaired) electrons. The molecule has 1 heterocycles. The van der Waals surface area contributed by atoms with E-state index in [2.05, 4.69) is 9.71 Å². The largest absolute Gasteiger partial charge is 0.324 e. The van der Waals surface area contributed by atoms with Gasteiger partial charge in [0.25, 0.3) is 21.6 Å². The first kappa shape index (κ1) is 25.2. The third-order valence-electron chi connectivity index (χ3n) is 4.97. The summed E-state index contributed by atoms with van der Waals surface area (Å²) in [6, 6.07) is 18.6. The number of fused-ring (bicyclic) bond motifs is 1. The van der Waals surface area contributed by atoms with Crippen molar-refractivity contribution in [2.24, 2.45) is 0 Å². The van der Waals surface area contributed by atoms with Crippen LogP contribution >= 0.6 is 0 Å². The third-order valence-corrected chi connectivity index (χ3v) is 6.32. The molecule has 3 aromatic carbocycles. The first-order valence-corrected chi connectivity index (χ1v) is 11.1. The zero-order valence-corrected chi connectivity index (χ0v) is 21.9. The van der Waals surface area contributed by atoms with Crippen LogP contribution in [0.25, 0.3) is 11.0 Å². The van der Waals surface area contributed by atoms with Gasteiger partial charge in [0.15, 0.2) is 0 Å². The fourth-order valence-corrected chi connectivity index (χ4v) is 4.32. The maximum Gasteiger partial charge on any atom is 0.269 e. The Morgan fingerprint density at radius 2 is 1.73 bits per heavy atom. The summed E-state index contributed by atoms with van der Waals surface area (Å²) in [5.74, 6) is -0.0655. The van der Waals surface area contributed by atoms with Crippen molar-refractivity contribution in [2.75, 3.05) is 0 Å². The van der Waals surface area contributed by atoms with Gasteiger partial charge in [0.1, 0.15) is 5.82 Å². The van der Waals surface area contributed by atoms with Crippen LogP contribution in [-0.2, 0) is 16.6 Å². The van der Waals surface area contributed by atoms with E-state index in [1.807, 2.05) is 11.5 Å². The van der Waals surface area contributed by atoms with E-state index in [0.29, 0.717) is 23.4 Å². The minimum Gasteiger partial charge on any atom is -0.324 e. The molecule has 0 atom stereocenters. The maximum absolute atomic E-state index is 12.7. The summed E-state index contributed by atoms with van der Waals surface area (Å²) >= 11 is 0. The number of imidazole rings is 1. The molecule has 0 saturated heterocycles. The van der Waals surface area contributed by atoms with Crippen LogP contribution in [-0.4, -0.2) is 80.2 Å². The molecule has 33 heavy (non-hydrogen) atoms. The first-order chi connectivity index (χ1) is 15.2. The van der Waals surface area contributed by atoms with Gasteiger partial charge in [-0.3, -0.25) is 14.9 Å². The first-order valence-electron chi connectivity index (χ1n) is 9.57. The van der Waals surface area contributed by atoms with Crippen LogP contribution in [0.5, 0.6) is 0 Å². The van der Waals surface area contributed by atoms with E-state index in [-0.39, 0.29) is 67.5 Å². The summed E-state index contributed by atoms with van der Waals surface area (Å²) in [7, 11) is -4.00. The van der Waals surface area contributed by atoms with Gasteiger partial charge in [-0.15, -0.1) is 0 Å². The number of amides is 1. The quantitative estimate of drug-likeness (QED) is 0.252. The molecular weight excluding hydrogens is 471 g/mol. The molecule has 1 aromatic heterocycles. The Morgan fingerprint density at radius 1 is 1.06 bits per heavy atom. The molecule has 4 aromatic rings. The van der Waals surface area contributed by atoms with Gasteiger partial charge in [-0.05, 0) is 42.8 Å². The molecule has 0 fully saturated rings. The number of nitro groups is 1. The van der Waals surface area contributed by atoms with E-state index in [9.17, 15) is 23.3 Å². The maximum atomic E-state index is 12.7. The van der Waals surface area contributed by atoms with Crippen molar-refractivity contribution in [2.45, 2.75) is 18.4 Å². The van der Waals surface area contributed by atoms with Crippen LogP contribution in [0.15, 0.2) is 77.7 Å². The van der Waals surface area contributed by atoms with E-state index in [0.717, 1.165) is 5.56 Å². The topological polar surface area (TPSA) is 124 Å². The molecule has 1 N–H and O–H groups in total. The van der Waals surface area contributed by atoms with Gasteiger partial charge < -0.3 is 4.57 Å². The Kier molecular flexibility index (Phi) is 7.83. The van der Waals surface area contributed by atoms with E-state index < -0.39 is 20.9 Å². The van der Waals surface area contributed by atoms with Crippen molar-refractivity contribution >= 4 is 84.0 Å². The monoisotopic (exact) mass is 489 g/mol. The number of rotatable bonds is 6. The number of nitrogens with one attached hydrogen (secondary N) is 1. The SMILES string of the molecule is Cc1nc2ccc(C(=O)NS(=O)(=O)c3ccccc3)cc2n1Cc1ccc([N+](=O)[O-])cc1.[K]. The predicted molar refractivity (Wildman–Crippen MR) is 124 cm³/mol. The minimum atomic E-state index is -4.00. The van der Waals surface area contributed by atoms with Gasteiger partial charge in [0, 0.05) is 75.6 Å². The molecule has 9 nitrogen and oxygen atoms in total. The molecule has 163 valence electrons. The van der Waals surface area contributed by atoms with Crippen LogP contribution < -0.4 is 4.72 Å². The van der Waals surface area contributed by atoms with Crippen molar-refractivity contribution in [3.8, 4) is 0 Å². The molecule has 0 aliphatic carbocycles. The number of hydrogen-bond donors (Lipinski definition) is 1. The van der Waals surface area contributed by atoms with Crippen LogP contribution in [0, 0.1) is 17.0 Å². The Bertz CT molecular complexity index is 1440. The van der Waals surface area contributed by atoms with Crippen LogP contribution in [0.3, 0.4) is 0 Å². The average molecular weight is 490 g/mol. The number of hydrogen-bond acceptors (Lipinski definition) is 6. The number of aromatic nitrogens is 2. The normalized spacial score (nSPS) is 11.1. The smallest absolute Gasteiger partial charge is 0.269 e. The number of nitrogens with zero attached hydrogens (tertiary/aromatic N) is 3. The Morgan fingerprint density at radius 3 is 2.36 bits per heavy atom. The molecular formula is C22H18KN4O5S. The molecule has 0 aliphatic heterocycles. The fraction of sp³-hybridized carbons (Fsp3) is 0.0909. The summed E-state index contributed by atoms with van der Waals surface area (Å²) in [4.78, 5) is 27.5. The van der Waals surface area contributed by atoms with E-state index in [4.69, 9.17) is 0 Å². The van der Waals surface area contributed by atoms with Gasteiger partial charge in [0.05, 0.1) is 20.9 Å². The zero-order chi connectivity index (χ0) is 22.9. The van der Waals surface area contributed by atoms with E-state index in [1.54, 1.807) is 42.5 Å². The number of carbonyl (C=O) groups excluding carboxylic acids is 1. The van der Waals surface area contributed by atoms with E-state index in [1.165, 1.54) is 30.3 Å². The number of sulfonamides is 1. The summed E-state index contributed by atoms with van der Waals surface area (Å²) in [6.07, 6.45) is 0. The zero-order valence-electron chi connectivity index (χ0n) is 17.9. The van der Waals surface area contributed by atoms with Crippen molar-refractivity contribution in [1.82, 2.24) is 14.3 Å². The summed E-state index contributed by atoms with van der Waals surface area (Å²) < 4.78 is 28.9. The Hall–Kier alpha value is -2.41. The van der Waals surface area contributed by atoms with Gasteiger partial charge in [-0.1, -0.05) is 30.3 Å². The minimum absolute atomic E-state index is 0. The molecule has 0 unspecified atom stereocenters. The summed E-state index contributed by atoms with van der Waals surface area (Å²) in [6.45, 7) is 2.19. The molecule has 0 aliphatic rings. The number of carbonyl (C=O) groups is 1. The second-order valence-corrected chi connectivity index (χ2v) is 8.80. The summed E-state index contributed by atoms with van der Waals surface area (Å²) in [5.41, 5.74) is 2.28. The van der Waals surface area contributed by atoms with Crippen LogP contribution in [0.1, 0.15) is 21.7 Å². The molecule has 0 saturated carbocycles. The molecule has 11 heteroatoms. The predicted octanol–water partition coefficient (Wildman–Crippen LogP) is 3.04. The van der Waals surface area contributed by atoms with Crippen molar-refractivity contribution in [3.05, 3.63) is 99.9 Å². The van der Waals surface area contributed by atoms with Gasteiger partial charge in [-0.25, -0.2) is 18.1 Å². The summed E-state index contributed by atoms with van der Waals surface area (Å²) in [5, 5.41) is 10.9. The van der Waals surface area contributed by atoms with Gasteiger partial charge in [-0.2, -0.15) is 0 Å². The standard InChI is InChI=1S/C22H18N4O5S.K/c1-15-23-20-12-9-17(22(27)24-32(30,31)19-5-3-2-4-6-19)13-21(20)25(15)14-16-7-10-18(11-8-16)26(28)29;/h2-13H,14H2,1H3,(H,24,27);. The van der Waals surface area contributed by atoms with Crippen molar-refractivity contribution < 1.29 is 18.1 Å². The number of benzene rings is 3. The van der Waals surface area contributed by atoms with Crippen LogP contribution in [0.4, 0.5) is 5.69 Å². The second kappa shape index (κ2) is 10.2. The molecule has 0 bridgehead atoms. The van der Waals surface area contributed by atoms with Crippen molar-refractivity contribution in [3.63, 3.8) is 0 Å². The Labute approximate surface area is 232 Å². The molecule has 4 rings (SSSR count). The second-order valence-electron chi connectivity index (χ2n) is 7.12. The molecule has 1 amide bonds. The number of non-ortho nitro benzene ring substituents is 1. The number of nitro benzene ring substituents is 1. The third kappa shape index (κ3) is 5.57. The number of aryl methyl sites for hydroxylation is 1. The van der Waals surface area contributed by atoms with Crippen LogP contribution in [0.2, 0.25) is 0 Å². The Balaban J connectivity index is 0.00000306. The van der Waals surface area contributed by atoms with Crippen molar-refractivity contribution in [1.29, 1.82) is 0 Å².